The molecule has 1 amide bonds. The minimum atomic E-state index is -3.19. The summed E-state index contributed by atoms with van der Waals surface area (Å²) in [7, 11) is -3.19. The number of amides is 1. The van der Waals surface area contributed by atoms with Crippen LogP contribution in [0.15, 0.2) is 6.07 Å². The van der Waals surface area contributed by atoms with Gasteiger partial charge in [0, 0.05) is 6.54 Å². The van der Waals surface area contributed by atoms with Crippen molar-refractivity contribution in [3.05, 3.63) is 17.5 Å². The Balaban J connectivity index is 1.57. The molecular weight excluding hydrogens is 330 g/mol. The van der Waals surface area contributed by atoms with E-state index in [1.807, 2.05) is 17.7 Å². The van der Waals surface area contributed by atoms with Crippen molar-refractivity contribution in [3.63, 3.8) is 0 Å². The number of rotatable bonds is 5. The summed E-state index contributed by atoms with van der Waals surface area (Å²) in [6.45, 7) is 5.58. The number of nitrogens with one attached hydrogen (secondary N) is 1. The number of fused-ring (bicyclic) bond motifs is 1. The number of nitrogens with zero attached hydrogens (tertiary/aromatic N) is 4. The summed E-state index contributed by atoms with van der Waals surface area (Å²) < 4.78 is 26.6. The molecule has 9 heteroatoms. The van der Waals surface area contributed by atoms with Crippen LogP contribution in [0.4, 0.5) is 0 Å². The van der Waals surface area contributed by atoms with Crippen molar-refractivity contribution in [2.75, 3.05) is 25.9 Å². The molecule has 1 N–H and O–H groups in total. The van der Waals surface area contributed by atoms with Gasteiger partial charge in [-0.2, -0.15) is 9.40 Å². The first-order chi connectivity index (χ1) is 11.3. The van der Waals surface area contributed by atoms with Crippen molar-refractivity contribution < 1.29 is 13.2 Å². The highest BCUT2D eigenvalue weighted by atomic mass is 32.2. The van der Waals surface area contributed by atoms with Crippen LogP contribution in [-0.2, 0) is 34.5 Å². The van der Waals surface area contributed by atoms with Gasteiger partial charge in [-0.05, 0) is 38.9 Å². The van der Waals surface area contributed by atoms with Crippen LogP contribution in [-0.4, -0.2) is 65.2 Å². The van der Waals surface area contributed by atoms with Gasteiger partial charge in [-0.15, -0.1) is 0 Å². The number of likely N-dealkylation sites (tertiary alicyclic amines) is 1. The molecule has 0 bridgehead atoms. The van der Waals surface area contributed by atoms with Crippen LogP contribution >= 0.6 is 0 Å². The maximum Gasteiger partial charge on any atom is 0.237 e. The second-order valence-electron chi connectivity index (χ2n) is 6.58. The van der Waals surface area contributed by atoms with E-state index in [-0.39, 0.29) is 11.9 Å². The van der Waals surface area contributed by atoms with Gasteiger partial charge < -0.3 is 5.32 Å². The molecular formula is C15H25N5O3S. The second-order valence-corrected chi connectivity index (χ2v) is 8.57. The third-order valence-electron chi connectivity index (χ3n) is 4.79. The predicted octanol–water partition coefficient (Wildman–Crippen LogP) is -0.241. The molecule has 1 saturated heterocycles. The standard InChI is InChI=1S/C15H25N5O3S/c1-12(18-5-3-4-6-18)15(21)16-10-13-9-14-11-19(24(2,22)23)7-8-20(14)17-13/h9,12H,3-8,10-11H2,1-2H3,(H,16,21)/t12-/m1/s1. The smallest absolute Gasteiger partial charge is 0.237 e. The topological polar surface area (TPSA) is 87.5 Å². The third-order valence-corrected chi connectivity index (χ3v) is 6.04. The maximum atomic E-state index is 12.3. The third kappa shape index (κ3) is 3.79. The predicted molar refractivity (Wildman–Crippen MR) is 89.6 cm³/mol. The Hall–Kier alpha value is -1.45. The van der Waals surface area contributed by atoms with Crippen LogP contribution in [0.3, 0.4) is 0 Å². The van der Waals surface area contributed by atoms with Gasteiger partial charge >= 0.3 is 0 Å². The van der Waals surface area contributed by atoms with Gasteiger partial charge in [-0.1, -0.05) is 0 Å². The van der Waals surface area contributed by atoms with Crippen LogP contribution in [0.1, 0.15) is 31.2 Å². The average Bonchev–Trinajstić information content (AvgIpc) is 3.19. The zero-order valence-electron chi connectivity index (χ0n) is 14.2. The highest BCUT2D eigenvalue weighted by Gasteiger charge is 2.26. The van der Waals surface area contributed by atoms with Crippen molar-refractivity contribution >= 4 is 15.9 Å². The van der Waals surface area contributed by atoms with Crippen molar-refractivity contribution in [1.82, 2.24) is 24.3 Å². The van der Waals surface area contributed by atoms with Gasteiger partial charge in [0.15, 0.2) is 0 Å². The van der Waals surface area contributed by atoms with E-state index in [1.165, 1.54) is 10.6 Å². The molecule has 0 spiro atoms. The van der Waals surface area contributed by atoms with Crippen molar-refractivity contribution in [1.29, 1.82) is 0 Å². The first-order valence-corrected chi connectivity index (χ1v) is 10.2. The van der Waals surface area contributed by atoms with E-state index < -0.39 is 10.0 Å². The molecule has 1 aromatic heterocycles. The van der Waals surface area contributed by atoms with Gasteiger partial charge in [0.1, 0.15) is 0 Å². The van der Waals surface area contributed by atoms with E-state index >= 15 is 0 Å². The SMILES string of the molecule is C[C@H](C(=O)NCc1cc2n(n1)CCN(S(C)(=O)=O)C2)N1CCCC1. The molecule has 1 aromatic rings. The fourth-order valence-electron chi connectivity index (χ4n) is 3.29. The molecule has 8 nitrogen and oxygen atoms in total. The first kappa shape index (κ1) is 17.4. The van der Waals surface area contributed by atoms with Crippen molar-refractivity contribution in [2.45, 2.75) is 45.4 Å². The molecule has 3 heterocycles. The number of carbonyl (C=O) groups is 1. The van der Waals surface area contributed by atoms with Crippen LogP contribution < -0.4 is 5.32 Å². The summed E-state index contributed by atoms with van der Waals surface area (Å²) in [6.07, 6.45) is 3.53. The van der Waals surface area contributed by atoms with Crippen molar-refractivity contribution in [3.8, 4) is 0 Å². The molecule has 0 unspecified atom stereocenters. The largest absolute Gasteiger partial charge is 0.349 e. The number of hydrogen-bond acceptors (Lipinski definition) is 5. The number of carbonyl (C=O) groups excluding carboxylic acids is 1. The Kier molecular flexibility index (Phi) is 4.93. The first-order valence-electron chi connectivity index (χ1n) is 8.37. The molecule has 24 heavy (non-hydrogen) atoms. The second kappa shape index (κ2) is 6.81. The zero-order chi connectivity index (χ0) is 17.3. The highest BCUT2D eigenvalue weighted by Crippen LogP contribution is 2.16. The lowest BCUT2D eigenvalue weighted by Gasteiger charge is -2.25. The molecule has 134 valence electrons. The minimum Gasteiger partial charge on any atom is -0.349 e. The van der Waals surface area contributed by atoms with Crippen LogP contribution in [0.25, 0.3) is 0 Å². The van der Waals surface area contributed by atoms with Crippen LogP contribution in [0, 0.1) is 0 Å². The maximum absolute atomic E-state index is 12.3. The molecule has 0 aliphatic carbocycles. The lowest BCUT2D eigenvalue weighted by Crippen LogP contribution is -2.43. The summed E-state index contributed by atoms with van der Waals surface area (Å²) in [5.74, 6) is 0.0145. The molecule has 0 saturated carbocycles. The summed E-state index contributed by atoms with van der Waals surface area (Å²) in [5, 5.41) is 7.40. The van der Waals surface area contributed by atoms with Gasteiger partial charge in [0.2, 0.25) is 15.9 Å². The van der Waals surface area contributed by atoms with Gasteiger partial charge in [0.25, 0.3) is 0 Å². The Morgan fingerprint density at radius 2 is 2.00 bits per heavy atom. The van der Waals surface area contributed by atoms with Gasteiger partial charge in [-0.3, -0.25) is 14.4 Å². The highest BCUT2D eigenvalue weighted by molar-refractivity contribution is 7.88. The van der Waals surface area contributed by atoms with Gasteiger partial charge in [-0.25, -0.2) is 8.42 Å². The fraction of sp³-hybridized carbons (Fsp3) is 0.733. The lowest BCUT2D eigenvalue weighted by molar-refractivity contribution is -0.125. The van der Waals surface area contributed by atoms with Crippen LogP contribution in [0.2, 0.25) is 0 Å². The molecule has 2 aliphatic heterocycles. The zero-order valence-corrected chi connectivity index (χ0v) is 15.0. The Morgan fingerprint density at radius 3 is 2.67 bits per heavy atom. The normalized spacial score (nSPS) is 20.8. The summed E-state index contributed by atoms with van der Waals surface area (Å²) >= 11 is 0. The quantitative estimate of drug-likeness (QED) is 0.788. The van der Waals surface area contributed by atoms with E-state index in [9.17, 15) is 13.2 Å². The molecule has 0 radical (unpaired) electrons. The van der Waals surface area contributed by atoms with E-state index in [0.29, 0.717) is 26.2 Å². The summed E-state index contributed by atoms with van der Waals surface area (Å²) in [6, 6.07) is 1.75. The number of hydrogen-bond donors (Lipinski definition) is 1. The molecule has 0 aromatic carbocycles. The monoisotopic (exact) mass is 355 g/mol. The Labute approximate surface area is 142 Å². The fourth-order valence-corrected chi connectivity index (χ4v) is 4.07. The van der Waals surface area contributed by atoms with E-state index in [4.69, 9.17) is 0 Å². The molecule has 1 fully saturated rings. The van der Waals surface area contributed by atoms with Crippen LogP contribution in [0.5, 0.6) is 0 Å². The summed E-state index contributed by atoms with van der Waals surface area (Å²) in [4.78, 5) is 14.4. The minimum absolute atomic E-state index is 0.0145. The molecule has 1 atom stereocenters. The van der Waals surface area contributed by atoms with E-state index in [2.05, 4.69) is 15.3 Å². The molecule has 3 rings (SSSR count). The van der Waals surface area contributed by atoms with Gasteiger partial charge in [0.05, 0.1) is 43.3 Å². The molecule has 2 aliphatic rings. The van der Waals surface area contributed by atoms with E-state index in [0.717, 1.165) is 37.3 Å². The average molecular weight is 355 g/mol. The number of sulfonamides is 1. The number of aromatic nitrogens is 2. The lowest BCUT2D eigenvalue weighted by atomic mass is 10.2. The van der Waals surface area contributed by atoms with E-state index in [1.54, 1.807) is 0 Å². The Bertz CT molecular complexity index is 709. The Morgan fingerprint density at radius 1 is 1.29 bits per heavy atom. The summed E-state index contributed by atoms with van der Waals surface area (Å²) in [5.41, 5.74) is 1.63. The van der Waals surface area contributed by atoms with Crippen molar-refractivity contribution in [2.24, 2.45) is 0 Å².